The van der Waals surface area contributed by atoms with E-state index in [1.54, 1.807) is 0 Å². The van der Waals surface area contributed by atoms with Crippen molar-refractivity contribution in [3.8, 4) is 0 Å². The standard InChI is InChI=1S/C15H17NO4/c17-13(18)15-9-5-4-8-12(15)16(15)14(19)20-10-11-6-2-1-3-7-11/h1-3,6-7,12H,4-5,8-10H2,(H,17,18). The summed E-state index contributed by atoms with van der Waals surface area (Å²) in [4.78, 5) is 25.0. The van der Waals surface area contributed by atoms with Crippen LogP contribution >= 0.6 is 0 Å². The highest BCUT2D eigenvalue weighted by Gasteiger charge is 2.71. The van der Waals surface area contributed by atoms with Crippen LogP contribution in [0.1, 0.15) is 31.2 Å². The summed E-state index contributed by atoms with van der Waals surface area (Å²) in [6.07, 6.45) is 2.61. The molecule has 2 unspecified atom stereocenters. The number of ether oxygens (including phenoxy) is 1. The third-order valence-corrected chi connectivity index (χ3v) is 4.28. The number of fused-ring (bicyclic) bond motifs is 1. The summed E-state index contributed by atoms with van der Waals surface area (Å²) in [5, 5.41) is 9.39. The summed E-state index contributed by atoms with van der Waals surface area (Å²) < 4.78 is 5.24. The van der Waals surface area contributed by atoms with Crippen LogP contribution in [-0.4, -0.2) is 33.6 Å². The molecule has 2 atom stereocenters. The third-order valence-electron chi connectivity index (χ3n) is 4.28. The lowest BCUT2D eigenvalue weighted by Crippen LogP contribution is -2.33. The van der Waals surface area contributed by atoms with Crippen LogP contribution in [0.4, 0.5) is 4.79 Å². The fourth-order valence-electron chi connectivity index (χ4n) is 3.21. The van der Waals surface area contributed by atoms with Crippen molar-refractivity contribution in [3.63, 3.8) is 0 Å². The largest absolute Gasteiger partial charge is 0.479 e. The Labute approximate surface area is 117 Å². The Bertz CT molecular complexity index is 530. The van der Waals surface area contributed by atoms with Crippen molar-refractivity contribution in [2.75, 3.05) is 0 Å². The molecule has 2 fully saturated rings. The number of carboxylic acid groups (broad SMARTS) is 1. The lowest BCUT2D eigenvalue weighted by molar-refractivity contribution is -0.141. The molecule has 0 bridgehead atoms. The van der Waals surface area contributed by atoms with E-state index in [9.17, 15) is 14.7 Å². The fourth-order valence-corrected chi connectivity index (χ4v) is 3.21. The minimum Gasteiger partial charge on any atom is -0.479 e. The molecule has 2 aliphatic rings. The molecule has 1 amide bonds. The van der Waals surface area contributed by atoms with Crippen LogP contribution in [0.2, 0.25) is 0 Å². The van der Waals surface area contributed by atoms with Crippen molar-refractivity contribution in [3.05, 3.63) is 35.9 Å². The maximum atomic E-state index is 12.1. The quantitative estimate of drug-likeness (QED) is 0.860. The number of amides is 1. The van der Waals surface area contributed by atoms with Crippen LogP contribution in [0.25, 0.3) is 0 Å². The molecule has 3 rings (SSSR count). The normalized spacial score (nSPS) is 27.6. The number of rotatable bonds is 3. The zero-order chi connectivity index (χ0) is 14.2. The van der Waals surface area contributed by atoms with Gasteiger partial charge in [0, 0.05) is 0 Å². The van der Waals surface area contributed by atoms with E-state index in [0.717, 1.165) is 24.8 Å². The molecule has 1 N–H and O–H groups in total. The maximum Gasteiger partial charge on any atom is 0.411 e. The van der Waals surface area contributed by atoms with Crippen LogP contribution in [0.15, 0.2) is 30.3 Å². The summed E-state index contributed by atoms with van der Waals surface area (Å²) in [6, 6.07) is 9.20. The Hall–Kier alpha value is -2.04. The lowest BCUT2D eigenvalue weighted by atomic mass is 9.89. The summed E-state index contributed by atoms with van der Waals surface area (Å²) in [6.45, 7) is 0.179. The highest BCUT2D eigenvalue weighted by Crippen LogP contribution is 2.51. The van der Waals surface area contributed by atoms with E-state index in [4.69, 9.17) is 4.74 Å². The molecule has 106 valence electrons. The van der Waals surface area contributed by atoms with Gasteiger partial charge in [-0.2, -0.15) is 0 Å². The Morgan fingerprint density at radius 1 is 1.30 bits per heavy atom. The van der Waals surface area contributed by atoms with Gasteiger partial charge in [-0.3, -0.25) is 4.90 Å². The monoisotopic (exact) mass is 275 g/mol. The van der Waals surface area contributed by atoms with Gasteiger partial charge in [-0.15, -0.1) is 0 Å². The molecule has 5 heteroatoms. The first-order valence-electron chi connectivity index (χ1n) is 6.89. The molecule has 5 nitrogen and oxygen atoms in total. The second-order valence-electron chi connectivity index (χ2n) is 5.40. The smallest absolute Gasteiger partial charge is 0.411 e. The van der Waals surface area contributed by atoms with Crippen molar-refractivity contribution in [1.82, 2.24) is 4.90 Å². The second-order valence-corrected chi connectivity index (χ2v) is 5.40. The van der Waals surface area contributed by atoms with E-state index in [2.05, 4.69) is 0 Å². The highest BCUT2D eigenvalue weighted by atomic mass is 16.6. The van der Waals surface area contributed by atoms with E-state index in [0.29, 0.717) is 6.42 Å². The molecular weight excluding hydrogens is 258 g/mol. The summed E-state index contributed by atoms with van der Waals surface area (Å²) in [7, 11) is 0. The second kappa shape index (κ2) is 4.81. The highest BCUT2D eigenvalue weighted by molar-refractivity contribution is 5.92. The number of benzene rings is 1. The summed E-state index contributed by atoms with van der Waals surface area (Å²) >= 11 is 0. The number of likely N-dealkylation sites (tertiary alicyclic amines) is 1. The van der Waals surface area contributed by atoms with Gasteiger partial charge in [0.1, 0.15) is 6.61 Å². The fraction of sp³-hybridized carbons (Fsp3) is 0.467. The van der Waals surface area contributed by atoms with Gasteiger partial charge in [-0.25, -0.2) is 9.59 Å². The average Bonchev–Trinajstić information content (AvgIpc) is 3.16. The van der Waals surface area contributed by atoms with Gasteiger partial charge in [0.15, 0.2) is 5.54 Å². The zero-order valence-corrected chi connectivity index (χ0v) is 11.1. The van der Waals surface area contributed by atoms with Crippen LogP contribution in [-0.2, 0) is 16.1 Å². The topological polar surface area (TPSA) is 66.6 Å². The van der Waals surface area contributed by atoms with E-state index >= 15 is 0 Å². The Morgan fingerprint density at radius 2 is 2.05 bits per heavy atom. The number of hydrogen-bond acceptors (Lipinski definition) is 3. The van der Waals surface area contributed by atoms with Gasteiger partial charge in [0.2, 0.25) is 0 Å². The SMILES string of the molecule is O=C(OCc1ccccc1)N1C2CCCCC21C(=O)O. The first-order chi connectivity index (χ1) is 9.66. The number of nitrogens with zero attached hydrogens (tertiary/aromatic N) is 1. The third kappa shape index (κ3) is 1.94. The first-order valence-corrected chi connectivity index (χ1v) is 6.89. The summed E-state index contributed by atoms with van der Waals surface area (Å²) in [5.74, 6) is -0.904. The molecule has 0 radical (unpaired) electrons. The minimum absolute atomic E-state index is 0.179. The predicted octanol–water partition coefficient (Wildman–Crippen LogP) is 2.40. The van der Waals surface area contributed by atoms with Gasteiger partial charge in [-0.05, 0) is 18.4 Å². The van der Waals surface area contributed by atoms with Crippen molar-refractivity contribution in [1.29, 1.82) is 0 Å². The van der Waals surface area contributed by atoms with Crippen LogP contribution in [0, 0.1) is 0 Å². The van der Waals surface area contributed by atoms with Crippen molar-refractivity contribution >= 4 is 12.1 Å². The van der Waals surface area contributed by atoms with Gasteiger partial charge in [0.05, 0.1) is 6.04 Å². The van der Waals surface area contributed by atoms with Crippen LogP contribution in [0.3, 0.4) is 0 Å². The number of carbonyl (C=O) groups excluding carboxylic acids is 1. The van der Waals surface area contributed by atoms with Gasteiger partial charge >= 0.3 is 12.1 Å². The molecule has 1 aliphatic carbocycles. The van der Waals surface area contributed by atoms with Crippen LogP contribution in [0.5, 0.6) is 0 Å². The molecule has 1 heterocycles. The molecular formula is C15H17NO4. The van der Waals surface area contributed by atoms with Crippen molar-refractivity contribution in [2.24, 2.45) is 0 Å². The number of carbonyl (C=O) groups is 2. The average molecular weight is 275 g/mol. The molecule has 0 spiro atoms. The number of hydrogen-bond donors (Lipinski definition) is 1. The van der Waals surface area contributed by atoms with Gasteiger partial charge in [-0.1, -0.05) is 43.2 Å². The Morgan fingerprint density at radius 3 is 2.70 bits per heavy atom. The molecule has 1 saturated heterocycles. The molecule has 20 heavy (non-hydrogen) atoms. The molecule has 1 aromatic rings. The predicted molar refractivity (Wildman–Crippen MR) is 71.1 cm³/mol. The Balaban J connectivity index is 1.65. The van der Waals surface area contributed by atoms with Crippen molar-refractivity contribution in [2.45, 2.75) is 43.9 Å². The number of aliphatic carboxylic acids is 1. The molecule has 1 saturated carbocycles. The van der Waals surface area contributed by atoms with E-state index in [1.807, 2.05) is 30.3 Å². The summed E-state index contributed by atoms with van der Waals surface area (Å²) in [5.41, 5.74) is -0.0958. The zero-order valence-electron chi connectivity index (χ0n) is 11.1. The Kier molecular flexibility index (Phi) is 3.12. The van der Waals surface area contributed by atoms with Crippen molar-refractivity contribution < 1.29 is 19.4 Å². The van der Waals surface area contributed by atoms with E-state index < -0.39 is 17.6 Å². The maximum absolute atomic E-state index is 12.1. The molecule has 1 aliphatic heterocycles. The van der Waals surface area contributed by atoms with E-state index in [1.165, 1.54) is 4.90 Å². The van der Waals surface area contributed by atoms with Crippen LogP contribution < -0.4 is 0 Å². The minimum atomic E-state index is -0.994. The van der Waals surface area contributed by atoms with Gasteiger partial charge < -0.3 is 9.84 Å². The number of carboxylic acids is 1. The first kappa shape index (κ1) is 13.0. The molecule has 0 aromatic heterocycles. The van der Waals surface area contributed by atoms with Gasteiger partial charge in [0.25, 0.3) is 0 Å². The lowest BCUT2D eigenvalue weighted by Gasteiger charge is -2.14. The molecule has 1 aromatic carbocycles. The van der Waals surface area contributed by atoms with E-state index in [-0.39, 0.29) is 12.6 Å².